The van der Waals surface area contributed by atoms with E-state index in [1.807, 2.05) is 30.3 Å². The van der Waals surface area contributed by atoms with Crippen molar-refractivity contribution in [2.45, 2.75) is 0 Å². The Morgan fingerprint density at radius 3 is 2.28 bits per heavy atom. The van der Waals surface area contributed by atoms with Crippen molar-refractivity contribution < 1.29 is 9.59 Å². The van der Waals surface area contributed by atoms with E-state index in [0.717, 1.165) is 15.8 Å². The second-order valence-corrected chi connectivity index (χ2v) is 7.97. The highest BCUT2D eigenvalue weighted by Gasteiger charge is 2.28. The molecule has 3 aromatic carbocycles. The first kappa shape index (κ1) is 17.8. The summed E-state index contributed by atoms with van der Waals surface area (Å²) in [6.45, 7) is 0. The van der Waals surface area contributed by atoms with Gasteiger partial charge in [0, 0.05) is 16.1 Å². The van der Waals surface area contributed by atoms with Crippen LogP contribution in [0.4, 0.5) is 0 Å². The molecule has 0 fully saturated rings. The first-order chi connectivity index (χ1) is 14.1. The van der Waals surface area contributed by atoms with Gasteiger partial charge in [0.05, 0.1) is 10.2 Å². The maximum atomic E-state index is 13.4. The van der Waals surface area contributed by atoms with Crippen molar-refractivity contribution in [3.05, 3.63) is 95.1 Å². The molecule has 0 amide bonds. The number of Topliss-reactive ketones (excluding diaryl/α,β-unsaturated/α-hetero) is 2. The van der Waals surface area contributed by atoms with Gasteiger partial charge in [-0.15, -0.1) is 0 Å². The Kier molecular flexibility index (Phi) is 4.27. The predicted molar refractivity (Wildman–Crippen MR) is 116 cm³/mol. The Labute approximate surface area is 175 Å². The van der Waals surface area contributed by atoms with Gasteiger partial charge < -0.3 is 0 Å². The van der Waals surface area contributed by atoms with E-state index in [4.69, 9.17) is 16.6 Å². The van der Waals surface area contributed by atoms with Crippen molar-refractivity contribution in [2.24, 2.45) is 0 Å². The van der Waals surface area contributed by atoms with Gasteiger partial charge in [-0.25, -0.2) is 4.98 Å². The van der Waals surface area contributed by atoms with Crippen LogP contribution in [-0.2, 0) is 0 Å². The molecule has 0 saturated heterocycles. The van der Waals surface area contributed by atoms with E-state index in [1.54, 1.807) is 52.9 Å². The van der Waals surface area contributed by atoms with Crippen LogP contribution in [0.5, 0.6) is 0 Å². The Morgan fingerprint density at radius 1 is 0.828 bits per heavy atom. The Bertz CT molecular complexity index is 1390. The molecule has 0 aliphatic heterocycles. The topological polar surface area (TPSA) is 51.4 Å². The smallest absolute Gasteiger partial charge is 0.252 e. The number of aromatic nitrogens is 2. The molecule has 29 heavy (non-hydrogen) atoms. The molecule has 0 aliphatic carbocycles. The molecule has 0 radical (unpaired) electrons. The van der Waals surface area contributed by atoms with Crippen LogP contribution in [0.3, 0.4) is 0 Å². The minimum Gasteiger partial charge on any atom is -0.285 e. The first-order valence-electron chi connectivity index (χ1n) is 8.93. The summed E-state index contributed by atoms with van der Waals surface area (Å²) in [7, 11) is 0. The van der Waals surface area contributed by atoms with Crippen molar-refractivity contribution in [1.82, 2.24) is 9.38 Å². The lowest BCUT2D eigenvalue weighted by Crippen LogP contribution is -2.17. The van der Waals surface area contributed by atoms with E-state index in [1.165, 1.54) is 11.3 Å². The fourth-order valence-electron chi connectivity index (χ4n) is 3.36. The van der Waals surface area contributed by atoms with Crippen LogP contribution < -0.4 is 0 Å². The number of fused-ring (bicyclic) bond motifs is 3. The summed E-state index contributed by atoms with van der Waals surface area (Å²) in [5.41, 5.74) is 2.69. The Balaban J connectivity index is 1.78. The molecule has 4 nitrogen and oxygen atoms in total. The Morgan fingerprint density at radius 2 is 1.52 bits per heavy atom. The highest BCUT2D eigenvalue weighted by molar-refractivity contribution is 7.23. The van der Waals surface area contributed by atoms with Crippen LogP contribution in [0, 0.1) is 0 Å². The maximum Gasteiger partial charge on any atom is 0.252 e. The van der Waals surface area contributed by atoms with Crippen molar-refractivity contribution in [1.29, 1.82) is 0 Å². The average molecular weight is 417 g/mol. The number of carbonyl (C=O) groups excluding carboxylic acids is 2. The van der Waals surface area contributed by atoms with Crippen LogP contribution in [0.1, 0.15) is 20.8 Å². The zero-order chi connectivity index (χ0) is 20.0. The van der Waals surface area contributed by atoms with Crippen LogP contribution in [0.25, 0.3) is 26.4 Å². The molecule has 0 spiro atoms. The van der Waals surface area contributed by atoms with Gasteiger partial charge in [-0.1, -0.05) is 77.5 Å². The third kappa shape index (κ3) is 2.95. The summed E-state index contributed by atoms with van der Waals surface area (Å²) < 4.78 is 2.78. The fourth-order valence-corrected chi connectivity index (χ4v) is 4.52. The summed E-state index contributed by atoms with van der Waals surface area (Å²) in [4.78, 5) is 31.7. The second-order valence-electron chi connectivity index (χ2n) is 6.53. The number of para-hydroxylation sites is 1. The Hall–Kier alpha value is -3.28. The molecule has 2 aromatic heterocycles. The van der Waals surface area contributed by atoms with Gasteiger partial charge in [-0.2, -0.15) is 0 Å². The quantitative estimate of drug-likeness (QED) is 0.269. The van der Waals surface area contributed by atoms with Crippen molar-refractivity contribution in [2.75, 3.05) is 0 Å². The molecule has 0 N–H and O–H groups in total. The lowest BCUT2D eigenvalue weighted by atomic mass is 10.0. The molecule has 140 valence electrons. The third-order valence-corrected chi connectivity index (χ3v) is 6.00. The number of thiazole rings is 1. The molecular weight excluding hydrogens is 404 g/mol. The number of imidazole rings is 1. The zero-order valence-electron chi connectivity index (χ0n) is 15.0. The summed E-state index contributed by atoms with van der Waals surface area (Å²) in [6, 6.07) is 23.4. The van der Waals surface area contributed by atoms with E-state index >= 15 is 0 Å². The van der Waals surface area contributed by atoms with Gasteiger partial charge in [-0.05, 0) is 24.3 Å². The summed E-state index contributed by atoms with van der Waals surface area (Å²) in [5, 5.41) is 0.591. The minimum absolute atomic E-state index is 0.272. The molecule has 5 aromatic rings. The highest BCUT2D eigenvalue weighted by Crippen LogP contribution is 2.34. The van der Waals surface area contributed by atoms with Gasteiger partial charge in [0.15, 0.2) is 4.96 Å². The average Bonchev–Trinajstić information content (AvgIpc) is 3.30. The summed E-state index contributed by atoms with van der Waals surface area (Å²) >= 11 is 7.50. The second kappa shape index (κ2) is 6.95. The van der Waals surface area contributed by atoms with Gasteiger partial charge in [0.25, 0.3) is 5.78 Å². The van der Waals surface area contributed by atoms with Crippen molar-refractivity contribution in [3.63, 3.8) is 0 Å². The molecule has 0 atom stereocenters. The highest BCUT2D eigenvalue weighted by atomic mass is 35.5. The van der Waals surface area contributed by atoms with Gasteiger partial charge in [0.2, 0.25) is 5.78 Å². The molecule has 0 unspecified atom stereocenters. The summed E-state index contributed by atoms with van der Waals surface area (Å²) in [5.74, 6) is -1.14. The number of hydrogen-bond donors (Lipinski definition) is 0. The summed E-state index contributed by atoms with van der Waals surface area (Å²) in [6.07, 6.45) is 0. The van der Waals surface area contributed by atoms with Crippen molar-refractivity contribution >= 4 is 49.7 Å². The van der Waals surface area contributed by atoms with Crippen molar-refractivity contribution in [3.8, 4) is 11.3 Å². The molecule has 5 rings (SSSR count). The SMILES string of the molecule is O=C(C(=O)c1c(-c2ccc(Cl)cc2)nc2sc3ccccc3n12)c1ccccc1. The fraction of sp³-hybridized carbons (Fsp3) is 0. The standard InChI is InChI=1S/C23H13ClN2O2S/c24-16-12-10-14(11-13-16)19-20(22(28)21(27)15-6-2-1-3-7-15)26-17-8-4-5-9-18(17)29-23(26)25-19/h1-13H. The van der Waals surface area contributed by atoms with E-state index in [-0.39, 0.29) is 5.69 Å². The molecule has 2 heterocycles. The molecule has 6 heteroatoms. The minimum atomic E-state index is -0.586. The van der Waals surface area contributed by atoms with E-state index in [0.29, 0.717) is 21.2 Å². The number of rotatable bonds is 4. The van der Waals surface area contributed by atoms with Crippen LogP contribution >= 0.6 is 22.9 Å². The van der Waals surface area contributed by atoms with Gasteiger partial charge in [0.1, 0.15) is 11.4 Å². The van der Waals surface area contributed by atoms with E-state index in [9.17, 15) is 9.59 Å². The number of benzene rings is 3. The number of carbonyl (C=O) groups is 2. The monoisotopic (exact) mass is 416 g/mol. The molecule has 0 bridgehead atoms. The maximum absolute atomic E-state index is 13.4. The van der Waals surface area contributed by atoms with Crippen LogP contribution in [-0.4, -0.2) is 21.0 Å². The predicted octanol–water partition coefficient (Wildman–Crippen LogP) is 5.94. The first-order valence-corrected chi connectivity index (χ1v) is 10.1. The number of nitrogens with zero attached hydrogens (tertiary/aromatic N) is 2. The van der Waals surface area contributed by atoms with E-state index < -0.39 is 11.6 Å². The number of halogens is 1. The third-order valence-electron chi connectivity index (χ3n) is 4.73. The number of ketones is 2. The van der Waals surface area contributed by atoms with Crippen LogP contribution in [0.15, 0.2) is 78.9 Å². The number of hydrogen-bond acceptors (Lipinski definition) is 4. The molecule has 0 aliphatic rings. The normalized spacial score (nSPS) is 11.2. The van der Waals surface area contributed by atoms with Crippen LogP contribution in [0.2, 0.25) is 5.02 Å². The lowest BCUT2D eigenvalue weighted by molar-refractivity contribution is 0.0814. The molecular formula is C23H13ClN2O2S. The van der Waals surface area contributed by atoms with E-state index in [2.05, 4.69) is 0 Å². The van der Waals surface area contributed by atoms with Gasteiger partial charge in [-0.3, -0.25) is 14.0 Å². The van der Waals surface area contributed by atoms with Gasteiger partial charge >= 0.3 is 0 Å². The largest absolute Gasteiger partial charge is 0.285 e. The lowest BCUT2D eigenvalue weighted by Gasteiger charge is -2.05. The zero-order valence-corrected chi connectivity index (χ0v) is 16.6. The molecule has 0 saturated carbocycles.